The van der Waals surface area contributed by atoms with E-state index in [1.807, 2.05) is 36.4 Å². The van der Waals surface area contributed by atoms with Crippen LogP contribution in [0.1, 0.15) is 29.9 Å². The van der Waals surface area contributed by atoms with Crippen LogP contribution < -0.4 is 0 Å². The minimum Gasteiger partial charge on any atom is -0.461 e. The normalized spacial score (nSPS) is 10.5. The van der Waals surface area contributed by atoms with Crippen molar-refractivity contribution in [1.82, 2.24) is 4.98 Å². The lowest BCUT2D eigenvalue weighted by Gasteiger charge is -2.12. The second-order valence-electron chi connectivity index (χ2n) is 5.73. The molecule has 0 unspecified atom stereocenters. The Kier molecular flexibility index (Phi) is 5.24. The third kappa shape index (κ3) is 3.77. The van der Waals surface area contributed by atoms with Crippen LogP contribution in [0.3, 0.4) is 0 Å². The number of pyridine rings is 1. The van der Waals surface area contributed by atoms with E-state index in [9.17, 15) is 4.79 Å². The molecule has 0 amide bonds. The molecule has 1 heterocycles. The zero-order valence-corrected chi connectivity index (χ0v) is 14.5. The first kappa shape index (κ1) is 16.9. The van der Waals surface area contributed by atoms with Crippen molar-refractivity contribution in [2.24, 2.45) is 0 Å². The summed E-state index contributed by atoms with van der Waals surface area (Å²) in [5.74, 6) is -0.395. The summed E-state index contributed by atoms with van der Waals surface area (Å²) in [5.41, 5.74) is 5.45. The molecule has 3 aromatic rings. The predicted octanol–water partition coefficient (Wildman–Crippen LogP) is 5.15. The largest absolute Gasteiger partial charge is 0.461 e. The van der Waals surface area contributed by atoms with E-state index in [1.54, 1.807) is 13.0 Å². The maximum atomic E-state index is 12.1. The molecule has 0 spiro atoms. The van der Waals surface area contributed by atoms with Crippen LogP contribution in [0.25, 0.3) is 22.4 Å². The minimum absolute atomic E-state index is 0.330. The number of aromatic nitrogens is 1. The SMILES string of the molecule is CCOC(=O)c1ccc(-c2ccccc2)c(-c2ccc(CC)cc2)n1. The number of ether oxygens (including phenoxy) is 1. The van der Waals surface area contributed by atoms with E-state index in [0.29, 0.717) is 12.3 Å². The van der Waals surface area contributed by atoms with Crippen LogP contribution in [0.15, 0.2) is 66.7 Å². The van der Waals surface area contributed by atoms with E-state index in [2.05, 4.69) is 36.2 Å². The highest BCUT2D eigenvalue weighted by atomic mass is 16.5. The molecule has 0 saturated heterocycles. The van der Waals surface area contributed by atoms with Crippen LogP contribution in [0.4, 0.5) is 0 Å². The summed E-state index contributed by atoms with van der Waals surface area (Å²) in [6, 6.07) is 22.1. The Bertz CT molecular complexity index is 855. The summed E-state index contributed by atoms with van der Waals surface area (Å²) in [6.45, 7) is 4.26. The summed E-state index contributed by atoms with van der Waals surface area (Å²) in [6.07, 6.45) is 0.988. The first-order valence-electron chi connectivity index (χ1n) is 8.55. The lowest BCUT2D eigenvalue weighted by molar-refractivity contribution is 0.0519. The molecule has 0 N–H and O–H groups in total. The average Bonchev–Trinajstić information content (AvgIpc) is 2.68. The van der Waals surface area contributed by atoms with Crippen molar-refractivity contribution in [3.05, 3.63) is 78.0 Å². The van der Waals surface area contributed by atoms with Gasteiger partial charge in [-0.25, -0.2) is 9.78 Å². The molecule has 0 aliphatic heterocycles. The van der Waals surface area contributed by atoms with Crippen molar-refractivity contribution >= 4 is 5.97 Å². The van der Waals surface area contributed by atoms with E-state index in [-0.39, 0.29) is 0 Å². The smallest absolute Gasteiger partial charge is 0.356 e. The number of esters is 1. The second-order valence-corrected chi connectivity index (χ2v) is 5.73. The molecule has 3 rings (SSSR count). The van der Waals surface area contributed by atoms with Crippen molar-refractivity contribution < 1.29 is 9.53 Å². The number of carbonyl (C=O) groups is 1. The maximum absolute atomic E-state index is 12.1. The molecule has 0 radical (unpaired) electrons. The van der Waals surface area contributed by atoms with Gasteiger partial charge in [-0.2, -0.15) is 0 Å². The quantitative estimate of drug-likeness (QED) is 0.607. The highest BCUT2D eigenvalue weighted by Gasteiger charge is 2.15. The molecule has 25 heavy (non-hydrogen) atoms. The van der Waals surface area contributed by atoms with E-state index < -0.39 is 5.97 Å². The summed E-state index contributed by atoms with van der Waals surface area (Å²) in [7, 11) is 0. The zero-order chi connectivity index (χ0) is 17.6. The third-order valence-electron chi connectivity index (χ3n) is 4.10. The molecule has 0 bridgehead atoms. The molecule has 2 aromatic carbocycles. The number of aryl methyl sites for hydroxylation is 1. The molecular weight excluding hydrogens is 310 g/mol. The van der Waals surface area contributed by atoms with Gasteiger partial charge in [-0.3, -0.25) is 0 Å². The Balaban J connectivity index is 2.13. The topological polar surface area (TPSA) is 39.2 Å². The van der Waals surface area contributed by atoms with Gasteiger partial charge in [0.15, 0.2) is 0 Å². The van der Waals surface area contributed by atoms with Crippen LogP contribution in [-0.4, -0.2) is 17.6 Å². The summed E-state index contributed by atoms with van der Waals surface area (Å²) in [4.78, 5) is 16.7. The highest BCUT2D eigenvalue weighted by molar-refractivity contribution is 5.90. The monoisotopic (exact) mass is 331 g/mol. The van der Waals surface area contributed by atoms with Crippen LogP contribution >= 0.6 is 0 Å². The summed E-state index contributed by atoms with van der Waals surface area (Å²) >= 11 is 0. The minimum atomic E-state index is -0.395. The molecular formula is C22H21NO2. The fourth-order valence-electron chi connectivity index (χ4n) is 2.75. The van der Waals surface area contributed by atoms with Gasteiger partial charge in [0.2, 0.25) is 0 Å². The van der Waals surface area contributed by atoms with Crippen LogP contribution in [-0.2, 0) is 11.2 Å². The van der Waals surface area contributed by atoms with Crippen molar-refractivity contribution in [3.8, 4) is 22.4 Å². The van der Waals surface area contributed by atoms with E-state index in [0.717, 1.165) is 28.8 Å². The Labute approximate surface area is 148 Å². The molecule has 3 nitrogen and oxygen atoms in total. The van der Waals surface area contributed by atoms with Crippen molar-refractivity contribution in [2.75, 3.05) is 6.61 Å². The molecule has 0 atom stereocenters. The lowest BCUT2D eigenvalue weighted by Crippen LogP contribution is -2.08. The molecule has 3 heteroatoms. The highest BCUT2D eigenvalue weighted by Crippen LogP contribution is 2.31. The first-order chi connectivity index (χ1) is 12.2. The summed E-state index contributed by atoms with van der Waals surface area (Å²) in [5, 5.41) is 0. The van der Waals surface area contributed by atoms with Crippen LogP contribution in [0.5, 0.6) is 0 Å². The van der Waals surface area contributed by atoms with Gasteiger partial charge in [-0.1, -0.05) is 61.5 Å². The number of carbonyl (C=O) groups excluding carboxylic acids is 1. The van der Waals surface area contributed by atoms with Gasteiger partial charge >= 0.3 is 5.97 Å². The Morgan fingerprint density at radius 1 is 0.880 bits per heavy atom. The fourth-order valence-corrected chi connectivity index (χ4v) is 2.75. The van der Waals surface area contributed by atoms with Crippen molar-refractivity contribution in [1.29, 1.82) is 0 Å². The van der Waals surface area contributed by atoms with E-state index in [1.165, 1.54) is 5.56 Å². The number of benzene rings is 2. The number of hydrogen-bond acceptors (Lipinski definition) is 3. The second kappa shape index (κ2) is 7.75. The molecule has 0 aliphatic carbocycles. The average molecular weight is 331 g/mol. The van der Waals surface area contributed by atoms with Crippen LogP contribution in [0.2, 0.25) is 0 Å². The Morgan fingerprint density at radius 3 is 2.24 bits per heavy atom. The summed E-state index contributed by atoms with van der Waals surface area (Å²) < 4.78 is 5.10. The Hall–Kier alpha value is -2.94. The molecule has 0 aliphatic rings. The zero-order valence-electron chi connectivity index (χ0n) is 14.5. The molecule has 1 aromatic heterocycles. The third-order valence-corrected chi connectivity index (χ3v) is 4.10. The molecule has 0 saturated carbocycles. The van der Waals surface area contributed by atoms with Gasteiger partial charge in [0, 0.05) is 11.1 Å². The van der Waals surface area contributed by atoms with Crippen LogP contribution in [0, 0.1) is 0 Å². The van der Waals surface area contributed by atoms with E-state index >= 15 is 0 Å². The van der Waals surface area contributed by atoms with Gasteiger partial charge in [0.25, 0.3) is 0 Å². The molecule has 0 fully saturated rings. The van der Waals surface area contributed by atoms with Gasteiger partial charge < -0.3 is 4.74 Å². The first-order valence-corrected chi connectivity index (χ1v) is 8.55. The number of nitrogens with zero attached hydrogens (tertiary/aromatic N) is 1. The van der Waals surface area contributed by atoms with Gasteiger partial charge in [0.1, 0.15) is 5.69 Å². The fraction of sp³-hybridized carbons (Fsp3) is 0.182. The number of rotatable bonds is 5. The lowest BCUT2D eigenvalue weighted by atomic mass is 9.98. The van der Waals surface area contributed by atoms with Crippen molar-refractivity contribution in [2.45, 2.75) is 20.3 Å². The van der Waals surface area contributed by atoms with Gasteiger partial charge in [0.05, 0.1) is 12.3 Å². The number of hydrogen-bond donors (Lipinski definition) is 0. The van der Waals surface area contributed by atoms with Crippen molar-refractivity contribution in [3.63, 3.8) is 0 Å². The Morgan fingerprint density at radius 2 is 1.60 bits per heavy atom. The maximum Gasteiger partial charge on any atom is 0.356 e. The van der Waals surface area contributed by atoms with Gasteiger partial charge in [-0.15, -0.1) is 0 Å². The van der Waals surface area contributed by atoms with E-state index in [4.69, 9.17) is 4.74 Å². The predicted molar refractivity (Wildman–Crippen MR) is 100 cm³/mol. The molecule has 126 valence electrons. The standard InChI is InChI=1S/C22H21NO2/c1-3-16-10-12-18(13-11-16)21-19(17-8-6-5-7-9-17)14-15-20(23-21)22(24)25-4-2/h5-15H,3-4H2,1-2H3. The van der Waals surface area contributed by atoms with Gasteiger partial charge in [-0.05, 0) is 36.6 Å².